The molecule has 0 saturated carbocycles. The van der Waals surface area contributed by atoms with E-state index in [9.17, 15) is 8.78 Å². The van der Waals surface area contributed by atoms with Gasteiger partial charge in [-0.15, -0.1) is 10.2 Å². The van der Waals surface area contributed by atoms with Crippen molar-refractivity contribution in [3.63, 3.8) is 0 Å². The van der Waals surface area contributed by atoms with Crippen molar-refractivity contribution in [3.8, 4) is 22.9 Å². The van der Waals surface area contributed by atoms with Crippen molar-refractivity contribution in [3.05, 3.63) is 54.1 Å². The zero-order chi connectivity index (χ0) is 14.1. The van der Waals surface area contributed by atoms with Crippen LogP contribution in [0.15, 0.2) is 46.9 Å². The topological polar surface area (TPSA) is 64.9 Å². The summed E-state index contributed by atoms with van der Waals surface area (Å²) in [6.45, 7) is 0. The molecule has 0 bridgehead atoms. The lowest BCUT2D eigenvalue weighted by atomic mass is 10.2. The van der Waals surface area contributed by atoms with Crippen LogP contribution in [-0.4, -0.2) is 10.2 Å². The maximum Gasteiger partial charge on any atom is 0.251 e. The van der Waals surface area contributed by atoms with Gasteiger partial charge in [0.2, 0.25) is 5.89 Å². The van der Waals surface area contributed by atoms with Gasteiger partial charge in [-0.3, -0.25) is 0 Å². The van der Waals surface area contributed by atoms with Gasteiger partial charge in [-0.25, -0.2) is 8.78 Å². The molecular weight excluding hydrogens is 264 g/mol. The maximum atomic E-state index is 13.9. The van der Waals surface area contributed by atoms with Crippen molar-refractivity contribution in [1.29, 1.82) is 0 Å². The second kappa shape index (κ2) is 4.73. The Morgan fingerprint density at radius 3 is 2.40 bits per heavy atom. The smallest absolute Gasteiger partial charge is 0.251 e. The van der Waals surface area contributed by atoms with Crippen LogP contribution in [0.3, 0.4) is 0 Å². The van der Waals surface area contributed by atoms with Crippen molar-refractivity contribution in [2.45, 2.75) is 0 Å². The fourth-order valence-electron chi connectivity index (χ4n) is 1.80. The van der Waals surface area contributed by atoms with E-state index in [1.807, 2.05) is 6.07 Å². The first-order valence-electron chi connectivity index (χ1n) is 5.79. The van der Waals surface area contributed by atoms with E-state index < -0.39 is 11.6 Å². The molecule has 0 aliphatic carbocycles. The first-order chi connectivity index (χ1) is 9.65. The van der Waals surface area contributed by atoms with Gasteiger partial charge >= 0.3 is 0 Å². The Kier molecular flexibility index (Phi) is 2.90. The molecule has 6 heteroatoms. The summed E-state index contributed by atoms with van der Waals surface area (Å²) in [6, 6.07) is 10.9. The molecule has 0 radical (unpaired) electrons. The van der Waals surface area contributed by atoms with Crippen LogP contribution in [0.2, 0.25) is 0 Å². The Hall–Kier alpha value is -2.76. The molecule has 0 spiro atoms. The number of anilines is 1. The van der Waals surface area contributed by atoms with Gasteiger partial charge in [0.25, 0.3) is 5.89 Å². The fraction of sp³-hybridized carbons (Fsp3) is 0. The van der Waals surface area contributed by atoms with Crippen molar-refractivity contribution >= 4 is 5.69 Å². The standard InChI is InChI=1S/C14H9F2N3O/c15-9-6-10(12(16)11(17)7-9)14-19-18-13(20-14)8-4-2-1-3-5-8/h1-7H,17H2. The van der Waals surface area contributed by atoms with E-state index in [-0.39, 0.29) is 23.0 Å². The van der Waals surface area contributed by atoms with Crippen molar-refractivity contribution in [2.24, 2.45) is 0 Å². The van der Waals surface area contributed by atoms with Crippen LogP contribution >= 0.6 is 0 Å². The molecule has 3 aromatic rings. The normalized spacial score (nSPS) is 10.7. The van der Waals surface area contributed by atoms with Gasteiger partial charge in [-0.1, -0.05) is 18.2 Å². The van der Waals surface area contributed by atoms with Crippen LogP contribution < -0.4 is 5.73 Å². The van der Waals surface area contributed by atoms with E-state index in [0.717, 1.165) is 12.1 Å². The third kappa shape index (κ3) is 2.11. The van der Waals surface area contributed by atoms with Gasteiger partial charge in [0.1, 0.15) is 5.82 Å². The van der Waals surface area contributed by atoms with Crippen LogP contribution in [0.4, 0.5) is 14.5 Å². The number of nitrogens with two attached hydrogens (primary N) is 1. The minimum atomic E-state index is -0.783. The highest BCUT2D eigenvalue weighted by Gasteiger charge is 2.17. The summed E-state index contributed by atoms with van der Waals surface area (Å²) >= 11 is 0. The first kappa shape index (κ1) is 12.3. The van der Waals surface area contributed by atoms with Crippen molar-refractivity contribution < 1.29 is 13.2 Å². The number of hydrogen-bond acceptors (Lipinski definition) is 4. The summed E-state index contributed by atoms with van der Waals surface area (Å²) in [5.74, 6) is -1.34. The number of nitrogen functional groups attached to an aromatic ring is 1. The van der Waals surface area contributed by atoms with E-state index in [1.165, 1.54) is 0 Å². The molecule has 0 fully saturated rings. The number of halogens is 2. The van der Waals surface area contributed by atoms with Crippen LogP contribution in [-0.2, 0) is 0 Å². The maximum absolute atomic E-state index is 13.9. The lowest BCUT2D eigenvalue weighted by molar-refractivity contribution is 0.565. The Morgan fingerprint density at radius 2 is 1.65 bits per heavy atom. The van der Waals surface area contributed by atoms with Crippen molar-refractivity contribution in [1.82, 2.24) is 10.2 Å². The number of aromatic nitrogens is 2. The molecule has 0 aliphatic rings. The summed E-state index contributed by atoms with van der Waals surface area (Å²) in [5.41, 5.74) is 5.60. The second-order valence-electron chi connectivity index (χ2n) is 4.13. The minimum absolute atomic E-state index is 0.118. The predicted molar refractivity (Wildman–Crippen MR) is 69.5 cm³/mol. The van der Waals surface area contributed by atoms with Crippen LogP contribution in [0.5, 0.6) is 0 Å². The summed E-state index contributed by atoms with van der Waals surface area (Å²) in [5, 5.41) is 7.54. The van der Waals surface area contributed by atoms with E-state index in [0.29, 0.717) is 5.56 Å². The average Bonchev–Trinajstić information content (AvgIpc) is 2.93. The Labute approximate surface area is 112 Å². The summed E-state index contributed by atoms with van der Waals surface area (Å²) in [7, 11) is 0. The molecule has 1 heterocycles. The van der Waals surface area contributed by atoms with Gasteiger partial charge in [0, 0.05) is 5.56 Å². The van der Waals surface area contributed by atoms with E-state index >= 15 is 0 Å². The number of hydrogen-bond donors (Lipinski definition) is 1. The zero-order valence-electron chi connectivity index (χ0n) is 10.2. The molecule has 0 unspecified atom stereocenters. The van der Waals surface area contributed by atoms with Gasteiger partial charge in [0.05, 0.1) is 11.3 Å². The third-order valence-corrected chi connectivity index (χ3v) is 2.74. The molecule has 0 amide bonds. The summed E-state index contributed by atoms with van der Waals surface area (Å²) < 4.78 is 32.5. The van der Waals surface area contributed by atoms with Crippen molar-refractivity contribution in [2.75, 3.05) is 5.73 Å². The monoisotopic (exact) mass is 273 g/mol. The van der Waals surface area contributed by atoms with E-state index in [4.69, 9.17) is 10.2 Å². The molecular formula is C14H9F2N3O. The molecule has 3 rings (SSSR count). The third-order valence-electron chi connectivity index (χ3n) is 2.74. The molecule has 0 saturated heterocycles. The molecule has 2 N–H and O–H groups in total. The Bertz CT molecular complexity index is 756. The van der Waals surface area contributed by atoms with Gasteiger partial charge in [0.15, 0.2) is 5.82 Å². The summed E-state index contributed by atoms with van der Waals surface area (Å²) in [4.78, 5) is 0. The molecule has 100 valence electrons. The molecule has 0 aliphatic heterocycles. The zero-order valence-corrected chi connectivity index (χ0v) is 10.2. The molecule has 20 heavy (non-hydrogen) atoms. The second-order valence-corrected chi connectivity index (χ2v) is 4.13. The van der Waals surface area contributed by atoms with Crippen LogP contribution in [0.1, 0.15) is 0 Å². The SMILES string of the molecule is Nc1cc(F)cc(-c2nnc(-c3ccccc3)o2)c1F. The highest BCUT2D eigenvalue weighted by Crippen LogP contribution is 2.28. The highest BCUT2D eigenvalue weighted by molar-refractivity contribution is 5.63. The Morgan fingerprint density at radius 1 is 0.950 bits per heavy atom. The number of nitrogens with zero attached hydrogens (tertiary/aromatic N) is 2. The lowest BCUT2D eigenvalue weighted by Crippen LogP contribution is -1.95. The van der Waals surface area contributed by atoms with Gasteiger partial charge < -0.3 is 10.2 Å². The number of rotatable bonds is 2. The van der Waals surface area contributed by atoms with E-state index in [2.05, 4.69) is 10.2 Å². The minimum Gasteiger partial charge on any atom is -0.416 e. The Balaban J connectivity index is 2.07. The molecule has 0 atom stereocenters. The largest absolute Gasteiger partial charge is 0.416 e. The summed E-state index contributed by atoms with van der Waals surface area (Å²) in [6.07, 6.45) is 0. The molecule has 4 nitrogen and oxygen atoms in total. The van der Waals surface area contributed by atoms with Crippen LogP contribution in [0.25, 0.3) is 22.9 Å². The predicted octanol–water partition coefficient (Wildman–Crippen LogP) is 3.26. The number of benzene rings is 2. The fourth-order valence-corrected chi connectivity index (χ4v) is 1.80. The van der Waals surface area contributed by atoms with Gasteiger partial charge in [-0.2, -0.15) is 0 Å². The first-order valence-corrected chi connectivity index (χ1v) is 5.79. The average molecular weight is 273 g/mol. The van der Waals surface area contributed by atoms with Gasteiger partial charge in [-0.05, 0) is 24.3 Å². The quantitative estimate of drug-likeness (QED) is 0.728. The molecule has 2 aromatic carbocycles. The van der Waals surface area contributed by atoms with E-state index in [1.54, 1.807) is 24.3 Å². The highest BCUT2D eigenvalue weighted by atomic mass is 19.1. The van der Waals surface area contributed by atoms with Crippen LogP contribution in [0, 0.1) is 11.6 Å². The molecule has 1 aromatic heterocycles. The lowest BCUT2D eigenvalue weighted by Gasteiger charge is -2.01.